The van der Waals surface area contributed by atoms with Crippen molar-refractivity contribution in [2.24, 2.45) is 5.92 Å². The van der Waals surface area contributed by atoms with Crippen LogP contribution in [-0.4, -0.2) is 36.4 Å². The van der Waals surface area contributed by atoms with E-state index in [4.69, 9.17) is 0 Å². The smallest absolute Gasteiger partial charge is 0.259 e. The maximum Gasteiger partial charge on any atom is 0.259 e. The molecule has 0 spiro atoms. The zero-order valence-electron chi connectivity index (χ0n) is 19.5. The van der Waals surface area contributed by atoms with Crippen molar-refractivity contribution >= 4 is 23.2 Å². The van der Waals surface area contributed by atoms with Gasteiger partial charge < -0.3 is 15.1 Å². The Morgan fingerprint density at radius 3 is 2.56 bits per heavy atom. The van der Waals surface area contributed by atoms with Gasteiger partial charge in [-0.3, -0.25) is 14.6 Å². The summed E-state index contributed by atoms with van der Waals surface area (Å²) in [5.74, 6) is 0.536. The second kappa shape index (κ2) is 9.67. The summed E-state index contributed by atoms with van der Waals surface area (Å²) >= 11 is 0. The van der Waals surface area contributed by atoms with Crippen LogP contribution in [0.1, 0.15) is 51.1 Å². The number of amides is 2. The van der Waals surface area contributed by atoms with Gasteiger partial charge in [-0.15, -0.1) is 0 Å². The second-order valence-electron chi connectivity index (χ2n) is 9.23. The highest BCUT2D eigenvalue weighted by molar-refractivity contribution is 6.11. The van der Waals surface area contributed by atoms with E-state index < -0.39 is 0 Å². The molecule has 3 heterocycles. The van der Waals surface area contributed by atoms with Crippen LogP contribution in [-0.2, 0) is 6.54 Å². The normalized spacial score (nSPS) is 16.0. The van der Waals surface area contributed by atoms with Crippen LogP contribution in [0.2, 0.25) is 0 Å². The minimum Gasteiger partial charge on any atom is -0.371 e. The molecule has 3 aromatic rings. The standard InChI is InChI=1S/C28H30N4O2/c1-20-4-2-6-23-19-32(28(34)26(20)23)25-7-3-5-22(18-25)27(33)30-15-8-21-11-16-31(17-12-21)24-9-13-29-14-10-24/h2-7,9-10,13-14,18,21H,8,11-12,15-17,19H2,1H3,(H,30,33). The molecule has 1 fully saturated rings. The molecular formula is C28H30N4O2. The van der Waals surface area contributed by atoms with Crippen LogP contribution in [0.25, 0.3) is 0 Å². The second-order valence-corrected chi connectivity index (χ2v) is 9.23. The van der Waals surface area contributed by atoms with Gasteiger partial charge in [0, 0.05) is 54.5 Å². The third-order valence-corrected chi connectivity index (χ3v) is 7.05. The average Bonchev–Trinajstić information content (AvgIpc) is 3.22. The third kappa shape index (κ3) is 4.53. The van der Waals surface area contributed by atoms with E-state index in [-0.39, 0.29) is 11.8 Å². The predicted molar refractivity (Wildman–Crippen MR) is 134 cm³/mol. The number of carbonyl (C=O) groups excluding carboxylic acids is 2. The van der Waals surface area contributed by atoms with Gasteiger partial charge in [0.15, 0.2) is 0 Å². The lowest BCUT2D eigenvalue weighted by Crippen LogP contribution is -2.35. The molecule has 0 radical (unpaired) electrons. The van der Waals surface area contributed by atoms with E-state index in [1.807, 2.05) is 61.8 Å². The molecule has 5 rings (SSSR count). The van der Waals surface area contributed by atoms with Gasteiger partial charge in [0.25, 0.3) is 11.8 Å². The maximum atomic E-state index is 13.0. The predicted octanol–water partition coefficient (Wildman–Crippen LogP) is 4.59. The number of hydrogen-bond donors (Lipinski definition) is 1. The molecule has 2 aliphatic heterocycles. The summed E-state index contributed by atoms with van der Waals surface area (Å²) in [5, 5.41) is 3.08. The molecule has 0 atom stereocenters. The molecule has 34 heavy (non-hydrogen) atoms. The first kappa shape index (κ1) is 22.1. The number of fused-ring (bicyclic) bond motifs is 1. The Balaban J connectivity index is 1.14. The Hall–Kier alpha value is -3.67. The fourth-order valence-electron chi connectivity index (χ4n) is 5.09. The molecule has 0 bridgehead atoms. The third-order valence-electron chi connectivity index (χ3n) is 7.05. The monoisotopic (exact) mass is 454 g/mol. The van der Waals surface area contributed by atoms with Crippen LogP contribution in [0.5, 0.6) is 0 Å². The lowest BCUT2D eigenvalue weighted by molar-refractivity contribution is 0.0948. The number of benzene rings is 2. The number of piperidine rings is 1. The summed E-state index contributed by atoms with van der Waals surface area (Å²) < 4.78 is 0. The number of aromatic nitrogens is 1. The molecule has 2 amide bonds. The SMILES string of the molecule is Cc1cccc2c1C(=O)N(c1cccc(C(=O)NCCC3CCN(c4ccncc4)CC3)c1)C2. The van der Waals surface area contributed by atoms with Gasteiger partial charge in [-0.1, -0.05) is 24.3 Å². The van der Waals surface area contributed by atoms with Crippen molar-refractivity contribution in [2.45, 2.75) is 32.7 Å². The van der Waals surface area contributed by atoms with Gasteiger partial charge in [0.1, 0.15) is 0 Å². The molecule has 1 saturated heterocycles. The van der Waals surface area contributed by atoms with Crippen molar-refractivity contribution in [3.8, 4) is 0 Å². The number of carbonyl (C=O) groups is 2. The Bertz CT molecular complexity index is 1190. The van der Waals surface area contributed by atoms with Crippen molar-refractivity contribution in [3.05, 3.63) is 89.2 Å². The number of nitrogens with one attached hydrogen (secondary N) is 1. The molecule has 2 aromatic carbocycles. The highest BCUT2D eigenvalue weighted by Gasteiger charge is 2.30. The molecule has 174 valence electrons. The summed E-state index contributed by atoms with van der Waals surface area (Å²) in [5.41, 5.74) is 5.39. The van der Waals surface area contributed by atoms with E-state index in [1.54, 1.807) is 4.90 Å². The Morgan fingerprint density at radius 1 is 1.03 bits per heavy atom. The van der Waals surface area contributed by atoms with Gasteiger partial charge in [0.05, 0.1) is 6.54 Å². The van der Waals surface area contributed by atoms with Crippen LogP contribution in [0.4, 0.5) is 11.4 Å². The van der Waals surface area contributed by atoms with E-state index >= 15 is 0 Å². The fourth-order valence-corrected chi connectivity index (χ4v) is 5.09. The highest BCUT2D eigenvalue weighted by atomic mass is 16.2. The van der Waals surface area contributed by atoms with Crippen molar-refractivity contribution in [1.82, 2.24) is 10.3 Å². The van der Waals surface area contributed by atoms with E-state index in [9.17, 15) is 9.59 Å². The van der Waals surface area contributed by atoms with Gasteiger partial charge in [-0.25, -0.2) is 0 Å². The van der Waals surface area contributed by atoms with Crippen molar-refractivity contribution in [2.75, 3.05) is 29.4 Å². The minimum atomic E-state index is -0.0867. The topological polar surface area (TPSA) is 65.5 Å². The maximum absolute atomic E-state index is 13.0. The summed E-state index contributed by atoms with van der Waals surface area (Å²) in [7, 11) is 0. The van der Waals surface area contributed by atoms with E-state index in [0.29, 0.717) is 24.6 Å². The van der Waals surface area contributed by atoms with E-state index in [0.717, 1.165) is 54.7 Å². The summed E-state index contributed by atoms with van der Waals surface area (Å²) in [4.78, 5) is 34.0. The molecule has 1 N–H and O–H groups in total. The number of rotatable bonds is 6. The number of anilines is 2. The first-order valence-corrected chi connectivity index (χ1v) is 12.0. The molecule has 6 heteroatoms. The Morgan fingerprint density at radius 2 is 1.79 bits per heavy atom. The summed E-state index contributed by atoms with van der Waals surface area (Å²) in [6.07, 6.45) is 6.92. The lowest BCUT2D eigenvalue weighted by atomic mass is 9.93. The fraction of sp³-hybridized carbons (Fsp3) is 0.321. The number of aryl methyl sites for hydroxylation is 1. The number of pyridine rings is 1. The summed E-state index contributed by atoms with van der Waals surface area (Å²) in [6.45, 7) is 5.25. The zero-order chi connectivity index (χ0) is 23.5. The van der Waals surface area contributed by atoms with Crippen molar-refractivity contribution < 1.29 is 9.59 Å². The minimum absolute atomic E-state index is 0.00349. The van der Waals surface area contributed by atoms with Crippen LogP contribution in [0, 0.1) is 12.8 Å². The van der Waals surface area contributed by atoms with Crippen molar-refractivity contribution in [3.63, 3.8) is 0 Å². The molecule has 1 aromatic heterocycles. The van der Waals surface area contributed by atoms with E-state index in [1.165, 1.54) is 5.69 Å². The van der Waals surface area contributed by atoms with Crippen LogP contribution in [0.15, 0.2) is 67.0 Å². The Kier molecular flexibility index (Phi) is 6.30. The first-order valence-electron chi connectivity index (χ1n) is 12.0. The molecule has 0 saturated carbocycles. The average molecular weight is 455 g/mol. The van der Waals surface area contributed by atoms with Gasteiger partial charge >= 0.3 is 0 Å². The molecule has 2 aliphatic rings. The van der Waals surface area contributed by atoms with Crippen LogP contribution >= 0.6 is 0 Å². The first-order chi connectivity index (χ1) is 16.6. The molecule has 0 aliphatic carbocycles. The lowest BCUT2D eigenvalue weighted by Gasteiger charge is -2.33. The largest absolute Gasteiger partial charge is 0.371 e. The van der Waals surface area contributed by atoms with Gasteiger partial charge in [0.2, 0.25) is 0 Å². The number of nitrogens with zero attached hydrogens (tertiary/aromatic N) is 3. The Labute approximate surface area is 200 Å². The van der Waals surface area contributed by atoms with E-state index in [2.05, 4.69) is 27.3 Å². The summed E-state index contributed by atoms with van der Waals surface area (Å²) in [6, 6.07) is 17.4. The number of hydrogen-bond acceptors (Lipinski definition) is 4. The zero-order valence-corrected chi connectivity index (χ0v) is 19.5. The van der Waals surface area contributed by atoms with Crippen LogP contribution in [0.3, 0.4) is 0 Å². The highest BCUT2D eigenvalue weighted by Crippen LogP contribution is 2.30. The molecule has 0 unspecified atom stereocenters. The molecular weight excluding hydrogens is 424 g/mol. The van der Waals surface area contributed by atoms with Crippen molar-refractivity contribution in [1.29, 1.82) is 0 Å². The molecule has 6 nitrogen and oxygen atoms in total. The quantitative estimate of drug-likeness (QED) is 0.592. The van der Waals surface area contributed by atoms with Crippen LogP contribution < -0.4 is 15.1 Å². The van der Waals surface area contributed by atoms with Gasteiger partial charge in [-0.05, 0) is 73.6 Å². The van der Waals surface area contributed by atoms with Gasteiger partial charge in [-0.2, -0.15) is 0 Å².